The zero-order valence-corrected chi connectivity index (χ0v) is 26.5. The van der Waals surface area contributed by atoms with Crippen LogP contribution in [0.15, 0.2) is 164 Å². The number of aromatic nitrogens is 1. The normalized spacial score (nSPS) is 13.1. The van der Waals surface area contributed by atoms with Crippen molar-refractivity contribution in [2.75, 3.05) is 4.90 Å². The van der Waals surface area contributed by atoms with Crippen LogP contribution < -0.4 is 4.90 Å². The van der Waals surface area contributed by atoms with Gasteiger partial charge in [0, 0.05) is 44.3 Å². The number of aromatic amines is 1. The number of nitrogens with zero attached hydrogens (tertiary/aromatic N) is 1. The Labute approximate surface area is 275 Å². The second kappa shape index (κ2) is 10.6. The average Bonchev–Trinajstić information content (AvgIpc) is 3.61. The molecule has 224 valence electrons. The van der Waals surface area contributed by atoms with E-state index in [1.807, 2.05) is 0 Å². The lowest BCUT2D eigenvalue weighted by molar-refractivity contribution is 0.660. The highest BCUT2D eigenvalue weighted by atomic mass is 15.1. The molecule has 1 heterocycles. The highest BCUT2D eigenvalue weighted by molar-refractivity contribution is 6.08. The van der Waals surface area contributed by atoms with Crippen molar-refractivity contribution in [3.05, 3.63) is 175 Å². The molecule has 1 aliphatic rings. The standard InChI is InChI=1S/C45H34N2/c1-45(2)41-14-8-6-12-37(41)38-26-25-36(29-42(38)45)47(34-21-16-31(17-22-34)30-10-4-3-5-11-30)35-23-18-32(19-24-35)33-20-27-44-40(28-33)39-13-7-9-15-43(39)46-44/h3-29,46H,1-2H3. The molecule has 0 bridgehead atoms. The molecule has 2 heteroatoms. The van der Waals surface area contributed by atoms with E-state index in [0.717, 1.165) is 17.1 Å². The fourth-order valence-corrected chi connectivity index (χ4v) is 7.54. The number of para-hydroxylation sites is 1. The van der Waals surface area contributed by atoms with Gasteiger partial charge in [-0.2, -0.15) is 0 Å². The summed E-state index contributed by atoms with van der Waals surface area (Å²) in [6.07, 6.45) is 0. The molecule has 8 aromatic rings. The van der Waals surface area contributed by atoms with Crippen LogP contribution in [0.25, 0.3) is 55.2 Å². The van der Waals surface area contributed by atoms with Gasteiger partial charge in [-0.25, -0.2) is 0 Å². The van der Waals surface area contributed by atoms with Crippen LogP contribution in [-0.2, 0) is 5.41 Å². The van der Waals surface area contributed by atoms with Crippen LogP contribution in [-0.4, -0.2) is 4.98 Å². The molecule has 1 aliphatic carbocycles. The van der Waals surface area contributed by atoms with Crippen molar-refractivity contribution in [3.63, 3.8) is 0 Å². The van der Waals surface area contributed by atoms with E-state index in [9.17, 15) is 0 Å². The molecule has 0 saturated heterocycles. The monoisotopic (exact) mass is 602 g/mol. The minimum atomic E-state index is -0.0737. The van der Waals surface area contributed by atoms with E-state index in [0.29, 0.717) is 0 Å². The summed E-state index contributed by atoms with van der Waals surface area (Å²) in [6, 6.07) is 59.6. The maximum Gasteiger partial charge on any atom is 0.0465 e. The molecule has 0 aliphatic heterocycles. The second-order valence-corrected chi connectivity index (χ2v) is 13.1. The van der Waals surface area contributed by atoms with Crippen molar-refractivity contribution in [1.82, 2.24) is 4.98 Å². The van der Waals surface area contributed by atoms with Crippen LogP contribution >= 0.6 is 0 Å². The van der Waals surface area contributed by atoms with Crippen LogP contribution in [0.3, 0.4) is 0 Å². The summed E-state index contributed by atoms with van der Waals surface area (Å²) in [5.74, 6) is 0. The minimum Gasteiger partial charge on any atom is -0.355 e. The van der Waals surface area contributed by atoms with E-state index in [4.69, 9.17) is 0 Å². The van der Waals surface area contributed by atoms with Crippen molar-refractivity contribution >= 4 is 38.9 Å². The predicted molar refractivity (Wildman–Crippen MR) is 199 cm³/mol. The number of benzene rings is 7. The molecule has 0 amide bonds. The number of anilines is 3. The highest BCUT2D eigenvalue weighted by Gasteiger charge is 2.35. The Morgan fingerprint density at radius 1 is 0.404 bits per heavy atom. The minimum absolute atomic E-state index is 0.0737. The van der Waals surface area contributed by atoms with Crippen LogP contribution in [0.1, 0.15) is 25.0 Å². The summed E-state index contributed by atoms with van der Waals surface area (Å²) in [5, 5.41) is 2.51. The third-order valence-electron chi connectivity index (χ3n) is 10.0. The average molecular weight is 603 g/mol. The van der Waals surface area contributed by atoms with Crippen molar-refractivity contribution < 1.29 is 0 Å². The van der Waals surface area contributed by atoms with Gasteiger partial charge in [0.2, 0.25) is 0 Å². The molecular weight excluding hydrogens is 569 g/mol. The summed E-state index contributed by atoms with van der Waals surface area (Å²) < 4.78 is 0. The molecule has 47 heavy (non-hydrogen) atoms. The number of fused-ring (bicyclic) bond motifs is 6. The van der Waals surface area contributed by atoms with Gasteiger partial charge in [0.15, 0.2) is 0 Å². The molecule has 2 nitrogen and oxygen atoms in total. The van der Waals surface area contributed by atoms with Gasteiger partial charge in [-0.15, -0.1) is 0 Å². The maximum absolute atomic E-state index is 3.55. The Balaban J connectivity index is 1.14. The van der Waals surface area contributed by atoms with Crippen LogP contribution in [0.2, 0.25) is 0 Å². The quantitative estimate of drug-likeness (QED) is 0.208. The Morgan fingerprint density at radius 2 is 0.957 bits per heavy atom. The van der Waals surface area contributed by atoms with Crippen molar-refractivity contribution in [2.45, 2.75) is 19.3 Å². The largest absolute Gasteiger partial charge is 0.355 e. The predicted octanol–water partition coefficient (Wildman–Crippen LogP) is 12.4. The maximum atomic E-state index is 3.55. The van der Waals surface area contributed by atoms with E-state index in [1.165, 1.54) is 66.3 Å². The molecule has 1 aromatic heterocycles. The van der Waals surface area contributed by atoms with E-state index >= 15 is 0 Å². The third-order valence-corrected chi connectivity index (χ3v) is 10.0. The molecule has 9 rings (SSSR count). The summed E-state index contributed by atoms with van der Waals surface area (Å²) in [6.45, 7) is 4.69. The van der Waals surface area contributed by atoms with Gasteiger partial charge < -0.3 is 9.88 Å². The zero-order valence-electron chi connectivity index (χ0n) is 26.5. The van der Waals surface area contributed by atoms with E-state index < -0.39 is 0 Å². The van der Waals surface area contributed by atoms with Crippen molar-refractivity contribution in [2.24, 2.45) is 0 Å². The SMILES string of the molecule is CC1(C)c2ccccc2-c2ccc(N(c3ccc(-c4ccccc4)cc3)c3ccc(-c4ccc5[nH]c6ccccc6c5c4)cc3)cc21. The summed E-state index contributed by atoms with van der Waals surface area (Å²) in [4.78, 5) is 5.94. The van der Waals surface area contributed by atoms with E-state index in [-0.39, 0.29) is 5.41 Å². The Bertz CT molecular complexity index is 2410. The van der Waals surface area contributed by atoms with Crippen LogP contribution in [0.4, 0.5) is 17.1 Å². The van der Waals surface area contributed by atoms with Crippen LogP contribution in [0, 0.1) is 0 Å². The number of H-pyrrole nitrogens is 1. The van der Waals surface area contributed by atoms with E-state index in [1.54, 1.807) is 0 Å². The van der Waals surface area contributed by atoms with Gasteiger partial charge in [-0.3, -0.25) is 0 Å². The summed E-state index contributed by atoms with van der Waals surface area (Å²) in [5.41, 5.74) is 16.0. The first kappa shape index (κ1) is 27.5. The molecule has 0 atom stereocenters. The smallest absolute Gasteiger partial charge is 0.0465 e. The third kappa shape index (κ3) is 4.48. The van der Waals surface area contributed by atoms with Gasteiger partial charge in [0.25, 0.3) is 0 Å². The number of nitrogens with one attached hydrogen (secondary N) is 1. The number of hydrogen-bond donors (Lipinski definition) is 1. The molecule has 7 aromatic carbocycles. The van der Waals surface area contributed by atoms with Crippen molar-refractivity contribution in [1.29, 1.82) is 0 Å². The van der Waals surface area contributed by atoms with Crippen LogP contribution in [0.5, 0.6) is 0 Å². The lowest BCUT2D eigenvalue weighted by Crippen LogP contribution is -2.16. The molecule has 0 fully saturated rings. The fourth-order valence-electron chi connectivity index (χ4n) is 7.54. The molecule has 1 N–H and O–H groups in total. The Morgan fingerprint density at radius 3 is 1.72 bits per heavy atom. The van der Waals surface area contributed by atoms with Gasteiger partial charge in [0.1, 0.15) is 0 Å². The number of rotatable bonds is 5. The number of hydrogen-bond acceptors (Lipinski definition) is 1. The zero-order chi connectivity index (χ0) is 31.5. The van der Waals surface area contributed by atoms with Crippen molar-refractivity contribution in [3.8, 4) is 33.4 Å². The summed E-state index contributed by atoms with van der Waals surface area (Å²) >= 11 is 0. The highest BCUT2D eigenvalue weighted by Crippen LogP contribution is 2.50. The fraction of sp³-hybridized carbons (Fsp3) is 0.0667. The first-order valence-corrected chi connectivity index (χ1v) is 16.4. The molecule has 0 spiro atoms. The lowest BCUT2D eigenvalue weighted by atomic mass is 9.82. The first-order chi connectivity index (χ1) is 23.0. The Hall–Kier alpha value is -5.86. The summed E-state index contributed by atoms with van der Waals surface area (Å²) in [7, 11) is 0. The molecule has 0 unspecified atom stereocenters. The van der Waals surface area contributed by atoms with Gasteiger partial charge >= 0.3 is 0 Å². The topological polar surface area (TPSA) is 19.0 Å². The van der Waals surface area contributed by atoms with Gasteiger partial charge in [0.05, 0.1) is 0 Å². The van der Waals surface area contributed by atoms with Gasteiger partial charge in [-0.1, -0.05) is 123 Å². The lowest BCUT2D eigenvalue weighted by Gasteiger charge is -2.28. The Kier molecular flexibility index (Phi) is 6.20. The molecule has 0 radical (unpaired) electrons. The van der Waals surface area contributed by atoms with E-state index in [2.05, 4.69) is 188 Å². The second-order valence-electron chi connectivity index (χ2n) is 13.1. The molecule has 0 saturated carbocycles. The first-order valence-electron chi connectivity index (χ1n) is 16.4. The molecular formula is C45H34N2. The van der Waals surface area contributed by atoms with Gasteiger partial charge in [-0.05, 0) is 99.1 Å².